The average molecular weight is 367 g/mol. The van der Waals surface area contributed by atoms with E-state index in [0.29, 0.717) is 13.0 Å². The SMILES string of the molecule is CC(C)(C)[Si](C)(C)OC[C@H]1O[C@@H](n2ccc(=O)[nH]c2=O)C[C@@H]1N=[N+]=[N-]. The molecule has 1 N–H and O–H groups in total. The van der Waals surface area contributed by atoms with Gasteiger partial charge in [-0.25, -0.2) is 4.79 Å². The van der Waals surface area contributed by atoms with Gasteiger partial charge in [-0.15, -0.1) is 0 Å². The summed E-state index contributed by atoms with van der Waals surface area (Å²) in [7, 11) is -1.98. The summed E-state index contributed by atoms with van der Waals surface area (Å²) in [6, 6.07) is 0.825. The fourth-order valence-corrected chi connectivity index (χ4v) is 3.40. The maximum atomic E-state index is 11.9. The van der Waals surface area contributed by atoms with Crippen LogP contribution < -0.4 is 11.2 Å². The Morgan fingerprint density at radius 3 is 2.72 bits per heavy atom. The van der Waals surface area contributed by atoms with Crippen LogP contribution in [-0.2, 0) is 9.16 Å². The smallest absolute Gasteiger partial charge is 0.330 e. The molecule has 1 saturated heterocycles. The van der Waals surface area contributed by atoms with E-state index in [1.54, 1.807) is 0 Å². The average Bonchev–Trinajstić information content (AvgIpc) is 2.87. The van der Waals surface area contributed by atoms with Crippen LogP contribution in [0.15, 0.2) is 27.0 Å². The number of aromatic nitrogens is 2. The Hall–Kier alpha value is -1.87. The van der Waals surface area contributed by atoms with E-state index in [-0.39, 0.29) is 5.04 Å². The Balaban J connectivity index is 2.16. The predicted molar refractivity (Wildman–Crippen MR) is 95.9 cm³/mol. The third-order valence-electron chi connectivity index (χ3n) is 4.98. The van der Waals surface area contributed by atoms with Gasteiger partial charge < -0.3 is 9.16 Å². The topological polar surface area (TPSA) is 122 Å². The van der Waals surface area contributed by atoms with Crippen molar-refractivity contribution in [2.45, 2.75) is 63.7 Å². The molecule has 2 heterocycles. The van der Waals surface area contributed by atoms with E-state index in [1.165, 1.54) is 16.8 Å². The van der Waals surface area contributed by atoms with Crippen molar-refractivity contribution in [1.29, 1.82) is 0 Å². The number of hydrogen-bond acceptors (Lipinski definition) is 5. The molecule has 1 fully saturated rings. The first-order valence-electron chi connectivity index (χ1n) is 8.20. The van der Waals surface area contributed by atoms with Gasteiger partial charge in [0.05, 0.1) is 18.8 Å². The number of hydrogen-bond donors (Lipinski definition) is 1. The van der Waals surface area contributed by atoms with Crippen molar-refractivity contribution in [3.8, 4) is 0 Å². The minimum absolute atomic E-state index is 0.0505. The van der Waals surface area contributed by atoms with E-state index < -0.39 is 37.9 Å². The maximum Gasteiger partial charge on any atom is 0.330 e. The molecule has 0 radical (unpaired) electrons. The van der Waals surface area contributed by atoms with Gasteiger partial charge in [-0.1, -0.05) is 25.9 Å². The molecule has 0 aliphatic carbocycles. The minimum Gasteiger partial charge on any atom is -0.414 e. The Labute approximate surface area is 146 Å². The first kappa shape index (κ1) is 19.5. The summed E-state index contributed by atoms with van der Waals surface area (Å²) in [5.41, 5.74) is 7.78. The minimum atomic E-state index is -1.98. The standard InChI is InChI=1S/C15H25N5O4Si/c1-15(2,3)25(4,5)23-9-11-10(18-19-16)8-13(24-11)20-7-6-12(21)17-14(20)22/h6-7,10-11,13H,8-9H2,1-5H3,(H,17,21,22)/t10-,11+,13+/m0/s1. The molecule has 0 spiro atoms. The highest BCUT2D eigenvalue weighted by Crippen LogP contribution is 2.38. The van der Waals surface area contributed by atoms with Crippen LogP contribution in [0.3, 0.4) is 0 Å². The van der Waals surface area contributed by atoms with Gasteiger partial charge in [0.2, 0.25) is 0 Å². The molecular formula is C15H25N5O4Si. The Bertz CT molecular complexity index is 775. The molecule has 0 unspecified atom stereocenters. The Morgan fingerprint density at radius 2 is 2.16 bits per heavy atom. The highest BCUT2D eigenvalue weighted by Gasteiger charge is 2.41. The molecule has 1 aromatic rings. The summed E-state index contributed by atoms with van der Waals surface area (Å²) in [6.07, 6.45) is 0.694. The highest BCUT2D eigenvalue weighted by atomic mass is 28.4. The number of aromatic amines is 1. The zero-order valence-electron chi connectivity index (χ0n) is 15.2. The maximum absolute atomic E-state index is 11.9. The molecule has 0 amide bonds. The largest absolute Gasteiger partial charge is 0.414 e. The summed E-state index contributed by atoms with van der Waals surface area (Å²) in [6.45, 7) is 11.0. The van der Waals surface area contributed by atoms with Crippen LogP contribution in [0, 0.1) is 0 Å². The molecule has 138 valence electrons. The summed E-state index contributed by atoms with van der Waals surface area (Å²) in [5, 5.41) is 3.84. The van der Waals surface area contributed by atoms with Gasteiger partial charge in [0.1, 0.15) is 6.23 Å². The molecule has 9 nitrogen and oxygen atoms in total. The van der Waals surface area contributed by atoms with E-state index in [1.807, 2.05) is 0 Å². The van der Waals surface area contributed by atoms with Crippen molar-refractivity contribution >= 4 is 8.32 Å². The molecular weight excluding hydrogens is 342 g/mol. The van der Waals surface area contributed by atoms with Gasteiger partial charge in [-0.3, -0.25) is 14.3 Å². The fourth-order valence-electron chi connectivity index (χ4n) is 2.38. The van der Waals surface area contributed by atoms with Crippen LogP contribution in [0.4, 0.5) is 0 Å². The van der Waals surface area contributed by atoms with E-state index >= 15 is 0 Å². The van der Waals surface area contributed by atoms with Crippen molar-refractivity contribution in [1.82, 2.24) is 9.55 Å². The van der Waals surface area contributed by atoms with Crippen LogP contribution in [0.1, 0.15) is 33.4 Å². The number of nitrogens with zero attached hydrogens (tertiary/aromatic N) is 4. The zero-order chi connectivity index (χ0) is 18.8. The molecule has 2 rings (SSSR count). The van der Waals surface area contributed by atoms with Crippen LogP contribution in [0.2, 0.25) is 18.1 Å². The van der Waals surface area contributed by atoms with E-state index in [9.17, 15) is 9.59 Å². The number of nitrogens with one attached hydrogen (secondary N) is 1. The van der Waals surface area contributed by atoms with Crippen molar-refractivity contribution in [3.05, 3.63) is 43.5 Å². The van der Waals surface area contributed by atoms with Gasteiger partial charge in [0, 0.05) is 23.6 Å². The van der Waals surface area contributed by atoms with E-state index in [4.69, 9.17) is 14.7 Å². The second-order valence-electron chi connectivity index (χ2n) is 7.73. The van der Waals surface area contributed by atoms with Gasteiger partial charge in [0.25, 0.3) is 5.56 Å². The predicted octanol–water partition coefficient (Wildman–Crippen LogP) is 2.52. The van der Waals surface area contributed by atoms with Gasteiger partial charge in [0.15, 0.2) is 8.32 Å². The lowest BCUT2D eigenvalue weighted by Gasteiger charge is -2.37. The second kappa shape index (κ2) is 7.16. The molecule has 25 heavy (non-hydrogen) atoms. The first-order chi connectivity index (χ1) is 11.5. The normalized spacial score (nSPS) is 24.1. The second-order valence-corrected chi connectivity index (χ2v) is 12.5. The van der Waals surface area contributed by atoms with Gasteiger partial charge in [-0.05, 0) is 23.7 Å². The third kappa shape index (κ3) is 4.40. The number of H-pyrrole nitrogens is 1. The zero-order valence-corrected chi connectivity index (χ0v) is 16.2. The molecule has 10 heteroatoms. The van der Waals surface area contributed by atoms with Crippen LogP contribution in [0.5, 0.6) is 0 Å². The van der Waals surface area contributed by atoms with Crippen molar-refractivity contribution in [2.24, 2.45) is 5.11 Å². The quantitative estimate of drug-likeness (QED) is 0.372. The van der Waals surface area contributed by atoms with E-state index in [0.717, 1.165) is 0 Å². The molecule has 1 aliphatic rings. The fraction of sp³-hybridized carbons (Fsp3) is 0.733. The van der Waals surface area contributed by atoms with Crippen LogP contribution in [0.25, 0.3) is 10.4 Å². The molecule has 3 atom stereocenters. The lowest BCUT2D eigenvalue weighted by Crippen LogP contribution is -2.43. The molecule has 0 saturated carbocycles. The van der Waals surface area contributed by atoms with Crippen LogP contribution in [-0.4, -0.2) is 36.6 Å². The molecule has 1 aromatic heterocycles. The molecule has 0 aromatic carbocycles. The van der Waals surface area contributed by atoms with Crippen molar-refractivity contribution in [3.63, 3.8) is 0 Å². The number of azide groups is 1. The number of rotatable bonds is 5. The van der Waals surface area contributed by atoms with Gasteiger partial charge in [-0.2, -0.15) is 0 Å². The monoisotopic (exact) mass is 367 g/mol. The lowest BCUT2D eigenvalue weighted by molar-refractivity contribution is -0.0246. The molecule has 1 aliphatic heterocycles. The van der Waals surface area contributed by atoms with Crippen molar-refractivity contribution in [2.75, 3.05) is 6.61 Å². The Morgan fingerprint density at radius 1 is 1.48 bits per heavy atom. The summed E-state index contributed by atoms with van der Waals surface area (Å²) < 4.78 is 13.4. The summed E-state index contributed by atoms with van der Waals surface area (Å²) >= 11 is 0. The first-order valence-corrected chi connectivity index (χ1v) is 11.1. The third-order valence-corrected chi connectivity index (χ3v) is 9.48. The van der Waals surface area contributed by atoms with E-state index in [2.05, 4.69) is 48.9 Å². The summed E-state index contributed by atoms with van der Waals surface area (Å²) in [4.78, 5) is 28.2. The highest BCUT2D eigenvalue weighted by molar-refractivity contribution is 6.74. The summed E-state index contributed by atoms with van der Waals surface area (Å²) in [5.74, 6) is 0. The molecule has 0 bridgehead atoms. The van der Waals surface area contributed by atoms with Crippen LogP contribution >= 0.6 is 0 Å². The van der Waals surface area contributed by atoms with Crippen molar-refractivity contribution < 1.29 is 9.16 Å². The Kier molecular flexibility index (Phi) is 5.57. The number of ether oxygens (including phenoxy) is 1. The lowest BCUT2D eigenvalue weighted by atomic mass is 10.1. The van der Waals surface area contributed by atoms with Gasteiger partial charge >= 0.3 is 5.69 Å².